The largest absolute Gasteiger partial charge is 0.370 e. The number of rotatable bonds is 4. The molecule has 0 aliphatic rings. The lowest BCUT2D eigenvalue weighted by Gasteiger charge is -2.24. The predicted octanol–water partition coefficient (Wildman–Crippen LogP) is 5.03. The minimum absolute atomic E-state index is 0.0952. The quantitative estimate of drug-likeness (QED) is 0.514. The van der Waals surface area contributed by atoms with Gasteiger partial charge in [0.1, 0.15) is 0 Å². The van der Waals surface area contributed by atoms with E-state index in [0.29, 0.717) is 13.1 Å². The monoisotopic (exact) mass is 345 g/mol. The molecule has 0 aliphatic heterocycles. The highest BCUT2D eigenvalue weighted by Gasteiger charge is 2.14. The predicted molar refractivity (Wildman–Crippen MR) is 110 cm³/mol. The number of fused-ring (bicyclic) bond motifs is 1. The Hall–Kier alpha value is -2.81. The summed E-state index contributed by atoms with van der Waals surface area (Å²) in [6.45, 7) is 7.89. The second-order valence-corrected chi connectivity index (χ2v) is 7.83. The summed E-state index contributed by atoms with van der Waals surface area (Å²) in [7, 11) is 0. The molecule has 0 saturated heterocycles. The summed E-state index contributed by atoms with van der Waals surface area (Å²) in [5.41, 5.74) is 9.68. The first-order valence-corrected chi connectivity index (χ1v) is 8.99. The average Bonchev–Trinajstić information content (AvgIpc) is 2.61. The lowest BCUT2D eigenvalue weighted by molar-refractivity contribution is 0.400. The van der Waals surface area contributed by atoms with Gasteiger partial charge in [-0.2, -0.15) is 0 Å². The number of benzene rings is 3. The normalized spacial score (nSPS) is 11.5. The van der Waals surface area contributed by atoms with Crippen LogP contribution in [0.5, 0.6) is 0 Å². The van der Waals surface area contributed by atoms with E-state index in [1.54, 1.807) is 0 Å². The SMILES string of the molecule is CC(C)(C)c1ccc(CN(Cc2cccc3ccccc23)C(=N)N)cc1. The Bertz CT molecular complexity index is 899. The summed E-state index contributed by atoms with van der Waals surface area (Å²) in [4.78, 5) is 1.91. The van der Waals surface area contributed by atoms with Crippen LogP contribution in [0.2, 0.25) is 0 Å². The van der Waals surface area contributed by atoms with Crippen molar-refractivity contribution in [2.75, 3.05) is 0 Å². The zero-order valence-electron chi connectivity index (χ0n) is 15.8. The van der Waals surface area contributed by atoms with Crippen molar-refractivity contribution in [3.63, 3.8) is 0 Å². The molecule has 3 aromatic carbocycles. The van der Waals surface area contributed by atoms with Gasteiger partial charge in [-0.05, 0) is 32.9 Å². The van der Waals surface area contributed by atoms with Crippen LogP contribution in [0.3, 0.4) is 0 Å². The van der Waals surface area contributed by atoms with Gasteiger partial charge in [-0.1, -0.05) is 87.5 Å². The average molecular weight is 345 g/mol. The fourth-order valence-electron chi connectivity index (χ4n) is 3.19. The molecule has 0 bridgehead atoms. The van der Waals surface area contributed by atoms with Gasteiger partial charge in [0.05, 0.1) is 0 Å². The van der Waals surface area contributed by atoms with Crippen molar-refractivity contribution in [1.82, 2.24) is 4.90 Å². The molecule has 0 radical (unpaired) electrons. The van der Waals surface area contributed by atoms with Gasteiger partial charge in [-0.3, -0.25) is 5.41 Å². The number of nitrogens with zero attached hydrogens (tertiary/aromatic N) is 1. The lowest BCUT2D eigenvalue weighted by Crippen LogP contribution is -2.35. The molecule has 0 atom stereocenters. The van der Waals surface area contributed by atoms with Crippen LogP contribution in [-0.4, -0.2) is 10.9 Å². The topological polar surface area (TPSA) is 53.1 Å². The van der Waals surface area contributed by atoms with Crippen LogP contribution in [0.1, 0.15) is 37.5 Å². The van der Waals surface area contributed by atoms with E-state index in [-0.39, 0.29) is 11.4 Å². The summed E-state index contributed by atoms with van der Waals surface area (Å²) < 4.78 is 0. The van der Waals surface area contributed by atoms with Crippen LogP contribution in [0, 0.1) is 5.41 Å². The third-order valence-electron chi connectivity index (χ3n) is 4.78. The van der Waals surface area contributed by atoms with E-state index in [9.17, 15) is 0 Å². The Morgan fingerprint density at radius 1 is 0.885 bits per heavy atom. The lowest BCUT2D eigenvalue weighted by atomic mass is 9.87. The molecule has 3 rings (SSSR count). The van der Waals surface area contributed by atoms with Gasteiger partial charge in [0, 0.05) is 13.1 Å². The van der Waals surface area contributed by atoms with E-state index in [1.165, 1.54) is 21.9 Å². The summed E-state index contributed by atoms with van der Waals surface area (Å²) in [5.74, 6) is 0.0952. The summed E-state index contributed by atoms with van der Waals surface area (Å²) in [5, 5.41) is 10.4. The fourth-order valence-corrected chi connectivity index (χ4v) is 3.19. The van der Waals surface area contributed by atoms with Crippen LogP contribution in [0.15, 0.2) is 66.7 Å². The Kier molecular flexibility index (Phi) is 4.99. The third kappa shape index (κ3) is 4.05. The van der Waals surface area contributed by atoms with Gasteiger partial charge in [-0.25, -0.2) is 0 Å². The van der Waals surface area contributed by atoms with Crippen molar-refractivity contribution in [2.24, 2.45) is 5.73 Å². The molecular formula is C23H27N3. The van der Waals surface area contributed by atoms with Crippen molar-refractivity contribution < 1.29 is 0 Å². The second-order valence-electron chi connectivity index (χ2n) is 7.83. The van der Waals surface area contributed by atoms with Gasteiger partial charge in [0.15, 0.2) is 5.96 Å². The van der Waals surface area contributed by atoms with Crippen LogP contribution < -0.4 is 5.73 Å². The summed E-state index contributed by atoms with van der Waals surface area (Å²) in [6, 6.07) is 23.2. The first-order valence-electron chi connectivity index (χ1n) is 8.99. The molecule has 3 N–H and O–H groups in total. The highest BCUT2D eigenvalue weighted by atomic mass is 15.2. The van der Waals surface area contributed by atoms with Crippen molar-refractivity contribution in [3.05, 3.63) is 83.4 Å². The van der Waals surface area contributed by atoms with E-state index in [1.807, 2.05) is 11.0 Å². The number of hydrogen-bond acceptors (Lipinski definition) is 1. The number of nitrogens with two attached hydrogens (primary N) is 1. The molecule has 0 saturated carbocycles. The smallest absolute Gasteiger partial charge is 0.188 e. The van der Waals surface area contributed by atoms with Crippen molar-refractivity contribution in [3.8, 4) is 0 Å². The molecule has 0 spiro atoms. The van der Waals surface area contributed by atoms with E-state index in [4.69, 9.17) is 11.1 Å². The van der Waals surface area contributed by atoms with Crippen LogP contribution in [0.25, 0.3) is 10.8 Å². The number of hydrogen-bond donors (Lipinski definition) is 2. The van der Waals surface area contributed by atoms with E-state index < -0.39 is 0 Å². The van der Waals surface area contributed by atoms with Crippen molar-refractivity contribution >= 4 is 16.7 Å². The van der Waals surface area contributed by atoms with Crippen molar-refractivity contribution in [2.45, 2.75) is 39.3 Å². The number of guanidine groups is 1. The first-order chi connectivity index (χ1) is 12.3. The van der Waals surface area contributed by atoms with Crippen molar-refractivity contribution in [1.29, 1.82) is 5.41 Å². The molecular weight excluding hydrogens is 318 g/mol. The molecule has 3 heteroatoms. The molecule has 0 fully saturated rings. The first kappa shape index (κ1) is 18.0. The summed E-state index contributed by atoms with van der Waals surface area (Å²) in [6.07, 6.45) is 0. The molecule has 134 valence electrons. The molecule has 0 aliphatic carbocycles. The van der Waals surface area contributed by atoms with Gasteiger partial charge >= 0.3 is 0 Å². The molecule has 0 amide bonds. The third-order valence-corrected chi connectivity index (χ3v) is 4.78. The fraction of sp³-hybridized carbons (Fsp3) is 0.261. The van der Waals surface area contributed by atoms with Gasteiger partial charge in [0.25, 0.3) is 0 Å². The minimum atomic E-state index is 0.0952. The standard InChI is InChI=1S/C23H27N3/c1-23(2,3)20-13-11-17(12-14-20)15-26(22(24)25)16-19-9-6-8-18-7-4-5-10-21(18)19/h4-14H,15-16H2,1-3H3,(H3,24,25). The maximum atomic E-state index is 8.00. The maximum absolute atomic E-state index is 8.00. The Balaban J connectivity index is 1.82. The molecule has 3 nitrogen and oxygen atoms in total. The second kappa shape index (κ2) is 7.20. The van der Waals surface area contributed by atoms with Gasteiger partial charge in [0.2, 0.25) is 0 Å². The molecule has 26 heavy (non-hydrogen) atoms. The van der Waals surface area contributed by atoms with Crippen LogP contribution >= 0.6 is 0 Å². The van der Waals surface area contributed by atoms with Gasteiger partial charge < -0.3 is 10.6 Å². The van der Waals surface area contributed by atoms with Crippen LogP contribution in [-0.2, 0) is 18.5 Å². The summed E-state index contributed by atoms with van der Waals surface area (Å²) >= 11 is 0. The zero-order valence-corrected chi connectivity index (χ0v) is 15.8. The Morgan fingerprint density at radius 2 is 1.54 bits per heavy atom. The molecule has 0 heterocycles. The van der Waals surface area contributed by atoms with Crippen LogP contribution in [0.4, 0.5) is 0 Å². The van der Waals surface area contributed by atoms with E-state index in [2.05, 4.69) is 81.4 Å². The highest BCUT2D eigenvalue weighted by molar-refractivity contribution is 5.86. The Morgan fingerprint density at radius 3 is 2.19 bits per heavy atom. The van der Waals surface area contributed by atoms with E-state index in [0.717, 1.165) is 5.56 Å². The molecule has 0 unspecified atom stereocenters. The minimum Gasteiger partial charge on any atom is -0.370 e. The maximum Gasteiger partial charge on any atom is 0.188 e. The molecule has 3 aromatic rings. The Labute approximate surface area is 156 Å². The zero-order chi connectivity index (χ0) is 18.7. The van der Waals surface area contributed by atoms with Gasteiger partial charge in [-0.15, -0.1) is 0 Å². The highest BCUT2D eigenvalue weighted by Crippen LogP contribution is 2.24. The molecule has 0 aromatic heterocycles. The number of nitrogens with one attached hydrogen (secondary N) is 1. The van der Waals surface area contributed by atoms with E-state index >= 15 is 0 Å².